The first-order valence-corrected chi connectivity index (χ1v) is 5.55. The average Bonchev–Trinajstić information content (AvgIpc) is 2.22. The minimum atomic E-state index is -5.00. The number of hydrazine groups is 1. The van der Waals surface area contributed by atoms with E-state index in [1.54, 1.807) is 24.7 Å². The summed E-state index contributed by atoms with van der Waals surface area (Å²) >= 11 is 0. The number of carbonyl (C=O) groups is 3. The van der Waals surface area contributed by atoms with E-state index in [-0.39, 0.29) is 6.04 Å². The summed E-state index contributed by atoms with van der Waals surface area (Å²) in [5.41, 5.74) is 0.00397. The molecule has 20 heavy (non-hydrogen) atoms. The molecule has 1 atom stereocenters. The Kier molecular flexibility index (Phi) is 5.95. The largest absolute Gasteiger partial charge is 0.417 e. The van der Waals surface area contributed by atoms with Crippen molar-refractivity contribution in [1.29, 1.82) is 0 Å². The fourth-order valence-corrected chi connectivity index (χ4v) is 0.968. The summed E-state index contributed by atoms with van der Waals surface area (Å²) in [6, 6.07) is -0.324. The summed E-state index contributed by atoms with van der Waals surface area (Å²) in [5, 5.41) is 11.2. The van der Waals surface area contributed by atoms with Crippen molar-refractivity contribution < 1.29 is 32.7 Å². The fraction of sp³-hybridized carbons (Fsp3) is 0.700. The second-order valence-electron chi connectivity index (χ2n) is 4.58. The molecule has 0 aromatic carbocycles. The number of carbonyl (C=O) groups excluding carboxylic acids is 3. The highest BCUT2D eigenvalue weighted by Crippen LogP contribution is 2.32. The van der Waals surface area contributed by atoms with Crippen LogP contribution in [-0.4, -0.2) is 40.6 Å². The molecule has 0 heterocycles. The van der Waals surface area contributed by atoms with Crippen LogP contribution in [0.4, 0.5) is 13.2 Å². The van der Waals surface area contributed by atoms with Crippen LogP contribution in [0.25, 0.3) is 0 Å². The monoisotopic (exact) mass is 299 g/mol. The van der Waals surface area contributed by atoms with Crippen LogP contribution in [0.15, 0.2) is 0 Å². The third-order valence-corrected chi connectivity index (χ3v) is 2.06. The molecule has 0 aliphatic rings. The van der Waals surface area contributed by atoms with Gasteiger partial charge in [0.15, 0.2) is 5.60 Å². The molecule has 0 spiro atoms. The maximum atomic E-state index is 12.3. The summed E-state index contributed by atoms with van der Waals surface area (Å²) in [7, 11) is 0. The number of nitrogens with one attached hydrogen (secondary N) is 3. The van der Waals surface area contributed by atoms with Gasteiger partial charge in [0, 0.05) is 6.04 Å². The molecule has 0 bridgehead atoms. The van der Waals surface area contributed by atoms with Gasteiger partial charge in [0.05, 0.1) is 6.42 Å². The lowest BCUT2D eigenvalue weighted by molar-refractivity contribution is -0.253. The Bertz CT molecular complexity index is 394. The first-order valence-electron chi connectivity index (χ1n) is 5.55. The molecule has 0 rings (SSSR count). The third kappa shape index (κ3) is 5.87. The van der Waals surface area contributed by atoms with Gasteiger partial charge in [-0.3, -0.25) is 25.2 Å². The Morgan fingerprint density at radius 2 is 1.60 bits per heavy atom. The fourth-order valence-electron chi connectivity index (χ4n) is 0.968. The SMILES string of the molecule is CC(C)NC(=O)C(=O)NNC(=O)C[C@@](C)(O)C(F)(F)F. The highest BCUT2D eigenvalue weighted by molar-refractivity contribution is 6.35. The second-order valence-corrected chi connectivity index (χ2v) is 4.58. The van der Waals surface area contributed by atoms with Gasteiger partial charge in [-0.25, -0.2) is 0 Å². The van der Waals surface area contributed by atoms with Gasteiger partial charge in [-0.15, -0.1) is 0 Å². The Morgan fingerprint density at radius 3 is 2.00 bits per heavy atom. The van der Waals surface area contributed by atoms with Crippen molar-refractivity contribution in [2.24, 2.45) is 0 Å². The minimum absolute atomic E-state index is 0.324. The number of alkyl halides is 3. The predicted octanol–water partition coefficient (Wildman–Crippen LogP) is -0.638. The molecule has 0 aromatic rings. The smallest absolute Gasteiger partial charge is 0.380 e. The van der Waals surface area contributed by atoms with Gasteiger partial charge < -0.3 is 10.4 Å². The van der Waals surface area contributed by atoms with Crippen LogP contribution in [0.1, 0.15) is 27.2 Å². The van der Waals surface area contributed by atoms with Gasteiger partial charge in [-0.2, -0.15) is 13.2 Å². The zero-order valence-electron chi connectivity index (χ0n) is 11.1. The van der Waals surface area contributed by atoms with Crippen LogP contribution in [0.3, 0.4) is 0 Å². The molecule has 0 saturated heterocycles. The molecule has 3 amide bonds. The van der Waals surface area contributed by atoms with E-state index < -0.39 is 35.9 Å². The molecule has 0 fully saturated rings. The van der Waals surface area contributed by atoms with Crippen molar-refractivity contribution in [3.05, 3.63) is 0 Å². The first-order chi connectivity index (χ1) is 8.86. The van der Waals surface area contributed by atoms with Crippen molar-refractivity contribution in [3.63, 3.8) is 0 Å². The molecule has 116 valence electrons. The van der Waals surface area contributed by atoms with E-state index in [1.807, 2.05) is 0 Å². The van der Waals surface area contributed by atoms with Crippen LogP contribution >= 0.6 is 0 Å². The molecule has 4 N–H and O–H groups in total. The number of aliphatic hydroxyl groups is 1. The molecular formula is C10H16F3N3O4. The molecule has 0 radical (unpaired) electrons. The predicted molar refractivity (Wildman–Crippen MR) is 60.9 cm³/mol. The van der Waals surface area contributed by atoms with Gasteiger partial charge in [0.1, 0.15) is 0 Å². The van der Waals surface area contributed by atoms with Gasteiger partial charge in [0.2, 0.25) is 5.91 Å². The Hall–Kier alpha value is -1.84. The van der Waals surface area contributed by atoms with E-state index >= 15 is 0 Å². The van der Waals surface area contributed by atoms with E-state index in [0.29, 0.717) is 6.92 Å². The van der Waals surface area contributed by atoms with Gasteiger partial charge in [-0.05, 0) is 20.8 Å². The first kappa shape index (κ1) is 18.2. The molecule has 0 aliphatic carbocycles. The lowest BCUT2D eigenvalue weighted by atomic mass is 10.0. The summed E-state index contributed by atoms with van der Waals surface area (Å²) in [6.45, 7) is 3.59. The van der Waals surface area contributed by atoms with E-state index in [1.165, 1.54) is 0 Å². The van der Waals surface area contributed by atoms with Crippen molar-refractivity contribution in [3.8, 4) is 0 Å². The highest BCUT2D eigenvalue weighted by Gasteiger charge is 2.51. The van der Waals surface area contributed by atoms with Crippen molar-refractivity contribution in [2.45, 2.75) is 45.0 Å². The maximum Gasteiger partial charge on any atom is 0.417 e. The third-order valence-electron chi connectivity index (χ3n) is 2.06. The summed E-state index contributed by atoms with van der Waals surface area (Å²) < 4.78 is 36.8. The van der Waals surface area contributed by atoms with E-state index in [4.69, 9.17) is 5.11 Å². The molecule has 0 aromatic heterocycles. The van der Waals surface area contributed by atoms with Gasteiger partial charge in [-0.1, -0.05) is 0 Å². The van der Waals surface area contributed by atoms with Crippen molar-refractivity contribution in [1.82, 2.24) is 16.2 Å². The summed E-state index contributed by atoms with van der Waals surface area (Å²) in [6.07, 6.45) is -6.31. The number of amides is 3. The molecule has 0 aliphatic heterocycles. The number of hydrogen-bond donors (Lipinski definition) is 4. The Balaban J connectivity index is 4.31. The topological polar surface area (TPSA) is 108 Å². The second kappa shape index (κ2) is 6.55. The van der Waals surface area contributed by atoms with Crippen LogP contribution in [-0.2, 0) is 14.4 Å². The normalized spacial score (nSPS) is 14.4. The van der Waals surface area contributed by atoms with Crippen LogP contribution < -0.4 is 16.2 Å². The zero-order valence-corrected chi connectivity index (χ0v) is 11.1. The molecule has 7 nitrogen and oxygen atoms in total. The highest BCUT2D eigenvalue weighted by atomic mass is 19.4. The van der Waals surface area contributed by atoms with Crippen LogP contribution in [0.2, 0.25) is 0 Å². The number of halogens is 3. The number of rotatable bonds is 3. The quantitative estimate of drug-likeness (QED) is 0.411. The van der Waals surface area contributed by atoms with Gasteiger partial charge in [0.25, 0.3) is 0 Å². The lowest BCUT2D eigenvalue weighted by Gasteiger charge is -2.25. The van der Waals surface area contributed by atoms with E-state index in [0.717, 1.165) is 0 Å². The van der Waals surface area contributed by atoms with E-state index in [9.17, 15) is 27.6 Å². The Morgan fingerprint density at radius 1 is 1.10 bits per heavy atom. The zero-order chi connectivity index (χ0) is 16.1. The van der Waals surface area contributed by atoms with Crippen molar-refractivity contribution in [2.75, 3.05) is 0 Å². The summed E-state index contributed by atoms with van der Waals surface area (Å²) in [4.78, 5) is 33.4. The average molecular weight is 299 g/mol. The van der Waals surface area contributed by atoms with Gasteiger partial charge >= 0.3 is 18.0 Å². The standard InChI is InChI=1S/C10H16F3N3O4/c1-5(2)14-7(18)8(19)16-15-6(17)4-9(3,20)10(11,12)13/h5,20H,4H2,1-3H3,(H,14,18)(H,15,17)(H,16,19)/t9-/m1/s1. The van der Waals surface area contributed by atoms with Crippen LogP contribution in [0.5, 0.6) is 0 Å². The van der Waals surface area contributed by atoms with Crippen molar-refractivity contribution >= 4 is 17.7 Å². The molecule has 0 unspecified atom stereocenters. The lowest BCUT2D eigenvalue weighted by Crippen LogP contribution is -2.52. The van der Waals surface area contributed by atoms with Crippen LogP contribution in [0, 0.1) is 0 Å². The molecule has 10 heteroatoms. The van der Waals surface area contributed by atoms with E-state index in [2.05, 4.69) is 5.32 Å². The molecule has 0 saturated carbocycles. The Labute approximate surface area is 112 Å². The number of hydrogen-bond acceptors (Lipinski definition) is 4. The molecular weight excluding hydrogens is 283 g/mol. The summed E-state index contributed by atoms with van der Waals surface area (Å²) in [5.74, 6) is -3.58. The minimum Gasteiger partial charge on any atom is -0.380 e. The maximum absolute atomic E-state index is 12.3.